The lowest BCUT2D eigenvalue weighted by molar-refractivity contribution is -0.142. The van der Waals surface area contributed by atoms with Crippen molar-refractivity contribution in [3.63, 3.8) is 0 Å². The molecule has 0 bridgehead atoms. The lowest BCUT2D eigenvalue weighted by Crippen LogP contribution is -2.35. The van der Waals surface area contributed by atoms with Gasteiger partial charge >= 0.3 is 5.97 Å². The third-order valence-corrected chi connectivity index (χ3v) is 4.90. The van der Waals surface area contributed by atoms with Gasteiger partial charge < -0.3 is 14.8 Å². The fraction of sp³-hybridized carbons (Fsp3) is 0.600. The van der Waals surface area contributed by atoms with Crippen LogP contribution in [0.1, 0.15) is 47.9 Å². The smallest absolute Gasteiger partial charge is 0.306 e. The van der Waals surface area contributed by atoms with Gasteiger partial charge in [0.1, 0.15) is 5.76 Å². The van der Waals surface area contributed by atoms with E-state index in [0.29, 0.717) is 24.0 Å². The molecule has 0 aliphatic heterocycles. The van der Waals surface area contributed by atoms with Crippen LogP contribution in [0.5, 0.6) is 0 Å². The van der Waals surface area contributed by atoms with Crippen LogP contribution in [0.25, 0.3) is 0 Å². The van der Waals surface area contributed by atoms with E-state index in [1.54, 1.807) is 6.07 Å². The molecule has 1 aromatic rings. The number of carboxylic acids is 1. The number of nitrogens with one attached hydrogen (secondary N) is 1. The number of amides is 1. The van der Waals surface area contributed by atoms with Crippen LogP contribution in [0.15, 0.2) is 16.5 Å². The second kappa shape index (κ2) is 4.11. The van der Waals surface area contributed by atoms with Crippen LogP contribution in [0.4, 0.5) is 0 Å². The number of fused-ring (bicyclic) bond motifs is 1. The summed E-state index contributed by atoms with van der Waals surface area (Å²) in [7, 11) is 0. The second-order valence-electron chi connectivity index (χ2n) is 6.30. The molecule has 2 N–H and O–H groups in total. The van der Waals surface area contributed by atoms with Crippen molar-refractivity contribution in [2.75, 3.05) is 0 Å². The maximum atomic E-state index is 12.1. The van der Waals surface area contributed by atoms with Crippen LogP contribution >= 0.6 is 0 Å². The Morgan fingerprint density at radius 2 is 2.00 bits per heavy atom. The number of carbonyl (C=O) groups is 2. The van der Waals surface area contributed by atoms with Gasteiger partial charge in [0.05, 0.1) is 5.92 Å². The van der Waals surface area contributed by atoms with Crippen molar-refractivity contribution in [1.29, 1.82) is 0 Å². The van der Waals surface area contributed by atoms with Crippen LogP contribution in [0.3, 0.4) is 0 Å². The summed E-state index contributed by atoms with van der Waals surface area (Å²) in [4.78, 5) is 23.2. The maximum Gasteiger partial charge on any atom is 0.306 e. The number of aliphatic carboxylic acids is 1. The molecule has 1 heterocycles. The van der Waals surface area contributed by atoms with E-state index < -0.39 is 5.97 Å². The summed E-state index contributed by atoms with van der Waals surface area (Å²) in [5, 5.41) is 12.1. The first-order valence-electron chi connectivity index (χ1n) is 7.27. The average Bonchev–Trinajstić information content (AvgIpc) is 3.33. The van der Waals surface area contributed by atoms with E-state index >= 15 is 0 Å². The Morgan fingerprint density at radius 3 is 2.65 bits per heavy atom. The zero-order valence-electron chi connectivity index (χ0n) is 11.0. The minimum atomic E-state index is -0.733. The Morgan fingerprint density at radius 1 is 1.20 bits per heavy atom. The van der Waals surface area contributed by atoms with Crippen LogP contribution in [-0.2, 0) is 4.79 Å². The minimum Gasteiger partial charge on any atom is -0.481 e. The van der Waals surface area contributed by atoms with Gasteiger partial charge in [0.25, 0.3) is 5.91 Å². The molecule has 0 aromatic carbocycles. The molecule has 3 fully saturated rings. The standard InChI is InChI=1S/C15H17NO4/c17-14(13-4-3-12(20-13)7-1-2-7)16-11-6-10(15(18)19)8-5-9(8)11/h3-4,7-11H,1-2,5-6H2,(H,16,17)(H,18,19)/t8-,9+,10-,11+/m1/s1. The number of rotatable bonds is 4. The Balaban J connectivity index is 1.41. The first-order valence-corrected chi connectivity index (χ1v) is 7.27. The van der Waals surface area contributed by atoms with Crippen LogP contribution in [0.2, 0.25) is 0 Å². The zero-order chi connectivity index (χ0) is 13.9. The first-order chi connectivity index (χ1) is 9.63. The summed E-state index contributed by atoms with van der Waals surface area (Å²) in [5.74, 6) is 1.12. The minimum absolute atomic E-state index is 0.0110. The molecule has 20 heavy (non-hydrogen) atoms. The molecule has 1 amide bonds. The van der Waals surface area contributed by atoms with E-state index in [1.165, 1.54) is 0 Å². The summed E-state index contributed by atoms with van der Waals surface area (Å²) in [6.07, 6.45) is 3.75. The van der Waals surface area contributed by atoms with Crippen LogP contribution in [-0.4, -0.2) is 23.0 Å². The van der Waals surface area contributed by atoms with E-state index in [2.05, 4.69) is 5.32 Å². The third-order valence-electron chi connectivity index (χ3n) is 4.90. The Bertz CT molecular complexity index is 574. The molecular formula is C15H17NO4. The van der Waals surface area contributed by atoms with Crippen LogP contribution < -0.4 is 5.32 Å². The molecule has 106 valence electrons. The molecule has 0 spiro atoms. The molecule has 3 aliphatic rings. The van der Waals surface area contributed by atoms with E-state index in [9.17, 15) is 9.59 Å². The normalized spacial score (nSPS) is 34.6. The summed E-state index contributed by atoms with van der Waals surface area (Å²) in [6.45, 7) is 0. The molecule has 0 saturated heterocycles. The Kier molecular flexibility index (Phi) is 2.46. The average molecular weight is 275 g/mol. The molecule has 5 nitrogen and oxygen atoms in total. The van der Waals surface area contributed by atoms with E-state index in [4.69, 9.17) is 9.52 Å². The highest BCUT2D eigenvalue weighted by atomic mass is 16.4. The quantitative estimate of drug-likeness (QED) is 0.880. The highest BCUT2D eigenvalue weighted by Crippen LogP contribution is 2.55. The van der Waals surface area contributed by atoms with Crippen molar-refractivity contribution in [1.82, 2.24) is 5.32 Å². The molecule has 1 aromatic heterocycles. The van der Waals surface area contributed by atoms with Crippen molar-refractivity contribution in [2.24, 2.45) is 17.8 Å². The van der Waals surface area contributed by atoms with Crippen molar-refractivity contribution < 1.29 is 19.1 Å². The van der Waals surface area contributed by atoms with Gasteiger partial charge in [-0.15, -0.1) is 0 Å². The highest BCUT2D eigenvalue weighted by Gasteiger charge is 2.57. The van der Waals surface area contributed by atoms with Gasteiger partial charge in [-0.25, -0.2) is 0 Å². The molecular weight excluding hydrogens is 258 g/mol. The van der Waals surface area contributed by atoms with Crippen LogP contribution in [0, 0.1) is 17.8 Å². The van der Waals surface area contributed by atoms with Crippen molar-refractivity contribution >= 4 is 11.9 Å². The molecule has 0 radical (unpaired) electrons. The number of hydrogen-bond donors (Lipinski definition) is 2. The third kappa shape index (κ3) is 1.92. The van der Waals surface area contributed by atoms with Crippen molar-refractivity contribution in [3.8, 4) is 0 Å². The van der Waals surface area contributed by atoms with Gasteiger partial charge in [-0.2, -0.15) is 0 Å². The maximum absolute atomic E-state index is 12.1. The summed E-state index contributed by atoms with van der Waals surface area (Å²) in [6, 6.07) is 3.58. The summed E-state index contributed by atoms with van der Waals surface area (Å²) >= 11 is 0. The number of furan rings is 1. The predicted molar refractivity (Wildman–Crippen MR) is 69.3 cm³/mol. The Labute approximate surface area is 116 Å². The van der Waals surface area contributed by atoms with Crippen molar-refractivity contribution in [2.45, 2.75) is 37.6 Å². The molecule has 3 aliphatic carbocycles. The topological polar surface area (TPSA) is 79.5 Å². The van der Waals surface area contributed by atoms with Crippen molar-refractivity contribution in [3.05, 3.63) is 23.7 Å². The molecule has 0 unspecified atom stereocenters. The zero-order valence-corrected chi connectivity index (χ0v) is 11.0. The van der Waals surface area contributed by atoms with E-state index in [1.807, 2.05) is 6.07 Å². The summed E-state index contributed by atoms with van der Waals surface area (Å²) in [5.41, 5.74) is 0. The van der Waals surface area contributed by atoms with Gasteiger partial charge in [-0.3, -0.25) is 9.59 Å². The molecule has 3 saturated carbocycles. The number of hydrogen-bond acceptors (Lipinski definition) is 3. The lowest BCUT2D eigenvalue weighted by atomic mass is 10.0. The first kappa shape index (κ1) is 12.0. The Hall–Kier alpha value is -1.78. The largest absolute Gasteiger partial charge is 0.481 e. The molecule has 5 heteroatoms. The summed E-state index contributed by atoms with van der Waals surface area (Å²) < 4.78 is 5.57. The second-order valence-corrected chi connectivity index (χ2v) is 6.30. The number of carbonyl (C=O) groups excluding carboxylic acids is 1. The highest BCUT2D eigenvalue weighted by molar-refractivity contribution is 5.92. The van der Waals surface area contributed by atoms with Gasteiger partial charge in [-0.05, 0) is 49.7 Å². The van der Waals surface area contributed by atoms with Gasteiger partial charge in [-0.1, -0.05) is 0 Å². The fourth-order valence-electron chi connectivity index (χ4n) is 3.54. The molecule has 4 rings (SSSR count). The number of carboxylic acid groups (broad SMARTS) is 1. The fourth-order valence-corrected chi connectivity index (χ4v) is 3.54. The molecule has 4 atom stereocenters. The van der Waals surface area contributed by atoms with Gasteiger partial charge in [0.15, 0.2) is 5.76 Å². The SMILES string of the molecule is O=C(N[C@H]1C[C@@H](C(=O)O)[C@@H]2C[C@@H]21)c1ccc(C2CC2)o1. The van der Waals surface area contributed by atoms with E-state index in [-0.39, 0.29) is 23.8 Å². The van der Waals surface area contributed by atoms with Gasteiger partial charge in [0.2, 0.25) is 0 Å². The van der Waals surface area contributed by atoms with E-state index in [0.717, 1.165) is 25.0 Å². The monoisotopic (exact) mass is 275 g/mol. The predicted octanol–water partition coefficient (Wildman–Crippen LogP) is 2.00. The lowest BCUT2D eigenvalue weighted by Gasteiger charge is -2.14. The van der Waals surface area contributed by atoms with Gasteiger partial charge in [0, 0.05) is 12.0 Å².